The highest BCUT2D eigenvalue weighted by Crippen LogP contribution is 2.63. The van der Waals surface area contributed by atoms with E-state index < -0.39 is 0 Å². The lowest BCUT2D eigenvalue weighted by molar-refractivity contribution is -0.143. The van der Waals surface area contributed by atoms with Crippen molar-refractivity contribution in [2.45, 2.75) is 46.3 Å². The number of nitrogens with zero attached hydrogens (tertiary/aromatic N) is 2. The predicted molar refractivity (Wildman–Crippen MR) is 138 cm³/mol. The summed E-state index contributed by atoms with van der Waals surface area (Å²) in [5.41, 5.74) is 3.58. The number of amides is 2. The van der Waals surface area contributed by atoms with Gasteiger partial charge >= 0.3 is 0 Å². The number of thiophene rings is 1. The lowest BCUT2D eigenvalue weighted by atomic mass is 10.0. The highest BCUT2D eigenvalue weighted by Gasteiger charge is 2.72. The quantitative estimate of drug-likeness (QED) is 0.479. The number of rotatable bonds is 5. The van der Waals surface area contributed by atoms with Crippen LogP contribution in [0.25, 0.3) is 21.3 Å². The molecule has 35 heavy (non-hydrogen) atoms. The molecule has 2 amide bonds. The van der Waals surface area contributed by atoms with Gasteiger partial charge in [0.1, 0.15) is 11.9 Å². The van der Waals surface area contributed by atoms with Crippen molar-refractivity contribution >= 4 is 45.0 Å². The lowest BCUT2D eigenvalue weighted by Crippen LogP contribution is -2.37. The molecule has 2 aromatic heterocycles. The maximum atomic E-state index is 12.8. The first-order valence-corrected chi connectivity index (χ1v) is 13.4. The van der Waals surface area contributed by atoms with Gasteiger partial charge in [0.25, 0.3) is 0 Å². The van der Waals surface area contributed by atoms with E-state index in [1.54, 1.807) is 17.5 Å². The molecular weight excluding hydrogens is 482 g/mol. The van der Waals surface area contributed by atoms with Gasteiger partial charge in [0, 0.05) is 33.8 Å². The van der Waals surface area contributed by atoms with E-state index in [0.717, 1.165) is 63.5 Å². The zero-order valence-electron chi connectivity index (χ0n) is 20.1. The molecule has 0 spiro atoms. The van der Waals surface area contributed by atoms with E-state index >= 15 is 0 Å². The Morgan fingerprint density at radius 3 is 2.69 bits per heavy atom. The van der Waals surface area contributed by atoms with Crippen LogP contribution in [-0.4, -0.2) is 40.9 Å². The number of pyridine rings is 1. The molecule has 2 saturated heterocycles. The molecule has 3 aromatic rings. The molecule has 0 radical (unpaired) electrons. The molecule has 8 heteroatoms. The number of benzene rings is 1. The minimum atomic E-state index is -0.200. The van der Waals surface area contributed by atoms with E-state index in [-0.39, 0.29) is 35.2 Å². The van der Waals surface area contributed by atoms with Crippen molar-refractivity contribution in [1.29, 1.82) is 0 Å². The lowest BCUT2D eigenvalue weighted by Gasteiger charge is -2.26. The molecule has 1 N–H and O–H groups in total. The Labute approximate surface area is 213 Å². The second kappa shape index (κ2) is 8.29. The van der Waals surface area contributed by atoms with Gasteiger partial charge in [-0.05, 0) is 61.6 Å². The SMILES string of the molecule is Cc1cc(Cl)cc(-c2ccnc3cc(CN4C(=O)C5C(C4=O)C5(C)C)sc23)c1O[C@H]1CCCNC1. The number of carbonyl (C=O) groups is 2. The second-order valence-corrected chi connectivity index (χ2v) is 12.1. The monoisotopic (exact) mass is 509 g/mol. The Morgan fingerprint density at radius 1 is 1.20 bits per heavy atom. The van der Waals surface area contributed by atoms with Crippen LogP contribution in [0, 0.1) is 24.2 Å². The summed E-state index contributed by atoms with van der Waals surface area (Å²) in [6, 6.07) is 7.87. The van der Waals surface area contributed by atoms with Crippen LogP contribution in [-0.2, 0) is 16.1 Å². The standard InChI is InChI=1S/C27H28ClN3O3S/c1-14-9-15(28)10-19(23(14)34-16-5-4-7-29-12-16)18-6-8-30-20-11-17(35-24(18)20)13-31-25(32)21-22(26(31)33)27(21,2)3/h6,8-11,16,21-22,29H,4-5,7,12-13H2,1-3H3/t16-,21?,22?/m0/s1. The first-order chi connectivity index (χ1) is 16.8. The van der Waals surface area contributed by atoms with Crippen LogP contribution in [0.3, 0.4) is 0 Å². The zero-order valence-corrected chi connectivity index (χ0v) is 21.6. The van der Waals surface area contributed by atoms with E-state index in [2.05, 4.69) is 10.3 Å². The largest absolute Gasteiger partial charge is 0.488 e. The number of aromatic nitrogens is 1. The highest BCUT2D eigenvalue weighted by molar-refractivity contribution is 7.19. The third kappa shape index (κ3) is 3.76. The van der Waals surface area contributed by atoms with Crippen LogP contribution < -0.4 is 10.1 Å². The maximum Gasteiger partial charge on any atom is 0.234 e. The van der Waals surface area contributed by atoms with Gasteiger partial charge in [0.15, 0.2) is 0 Å². The molecule has 4 heterocycles. The summed E-state index contributed by atoms with van der Waals surface area (Å²) in [4.78, 5) is 32.6. The molecule has 3 fully saturated rings. The third-order valence-corrected chi connectivity index (χ3v) is 9.09. The Bertz CT molecular complexity index is 1340. The van der Waals surface area contributed by atoms with Crippen molar-refractivity contribution in [3.63, 3.8) is 0 Å². The minimum absolute atomic E-state index is 0.0436. The van der Waals surface area contributed by atoms with Crippen LogP contribution in [0.5, 0.6) is 5.75 Å². The summed E-state index contributed by atoms with van der Waals surface area (Å²) in [6.45, 7) is 8.18. The molecule has 3 atom stereocenters. The van der Waals surface area contributed by atoms with Crippen molar-refractivity contribution in [3.05, 3.63) is 45.9 Å². The summed E-state index contributed by atoms with van der Waals surface area (Å²) < 4.78 is 7.52. The van der Waals surface area contributed by atoms with Gasteiger partial charge < -0.3 is 10.1 Å². The van der Waals surface area contributed by atoms with Crippen LogP contribution in [0.4, 0.5) is 0 Å². The first kappa shape index (κ1) is 23.0. The first-order valence-electron chi connectivity index (χ1n) is 12.2. The normalized spacial score (nSPS) is 25.3. The number of carbonyl (C=O) groups excluding carboxylic acids is 2. The van der Waals surface area contributed by atoms with Gasteiger partial charge in [0.2, 0.25) is 11.8 Å². The topological polar surface area (TPSA) is 71.5 Å². The molecule has 3 aliphatic rings. The van der Waals surface area contributed by atoms with Crippen molar-refractivity contribution in [2.75, 3.05) is 13.1 Å². The van der Waals surface area contributed by atoms with E-state index in [1.165, 1.54) is 4.90 Å². The molecular formula is C27H28ClN3O3S. The summed E-state index contributed by atoms with van der Waals surface area (Å²) >= 11 is 8.07. The summed E-state index contributed by atoms with van der Waals surface area (Å²) in [6.07, 6.45) is 4.01. The predicted octanol–water partition coefficient (Wildman–Crippen LogP) is 5.20. The summed E-state index contributed by atoms with van der Waals surface area (Å²) in [7, 11) is 0. The molecule has 6 nitrogen and oxygen atoms in total. The molecule has 1 aliphatic carbocycles. The maximum absolute atomic E-state index is 12.8. The van der Waals surface area contributed by atoms with Crippen molar-refractivity contribution in [2.24, 2.45) is 17.3 Å². The fraction of sp³-hybridized carbons (Fsp3) is 0.444. The van der Waals surface area contributed by atoms with E-state index in [1.807, 2.05) is 45.0 Å². The number of hydrogen-bond donors (Lipinski definition) is 1. The van der Waals surface area contributed by atoms with Crippen LogP contribution >= 0.6 is 22.9 Å². The second-order valence-electron chi connectivity index (χ2n) is 10.5. The number of piperidine rings is 2. The molecule has 182 valence electrons. The van der Waals surface area contributed by atoms with Crippen LogP contribution in [0.1, 0.15) is 37.1 Å². The van der Waals surface area contributed by atoms with E-state index in [9.17, 15) is 9.59 Å². The Kier molecular flexibility index (Phi) is 5.43. The van der Waals surface area contributed by atoms with Gasteiger partial charge in [-0.1, -0.05) is 25.4 Å². The fourth-order valence-electron chi connectivity index (χ4n) is 5.77. The van der Waals surface area contributed by atoms with Crippen molar-refractivity contribution in [3.8, 4) is 16.9 Å². The fourth-order valence-corrected chi connectivity index (χ4v) is 7.17. The van der Waals surface area contributed by atoms with Crippen LogP contribution in [0.2, 0.25) is 5.02 Å². The Morgan fingerprint density at radius 2 is 1.97 bits per heavy atom. The van der Waals surface area contributed by atoms with Gasteiger partial charge in [-0.3, -0.25) is 19.5 Å². The minimum Gasteiger partial charge on any atom is -0.488 e. The number of aryl methyl sites for hydroxylation is 1. The third-order valence-electron chi connectivity index (χ3n) is 7.73. The average Bonchev–Trinajstić information content (AvgIpc) is 3.07. The molecule has 2 aliphatic heterocycles. The number of imide groups is 1. The Balaban J connectivity index is 1.35. The molecule has 1 aromatic carbocycles. The van der Waals surface area contributed by atoms with Crippen molar-refractivity contribution in [1.82, 2.24) is 15.2 Å². The molecule has 1 saturated carbocycles. The number of nitrogens with one attached hydrogen (secondary N) is 1. The Hall–Kier alpha value is -2.48. The number of halogens is 1. The number of hydrogen-bond acceptors (Lipinski definition) is 6. The zero-order chi connectivity index (χ0) is 24.5. The molecule has 0 bridgehead atoms. The van der Waals surface area contributed by atoms with Gasteiger partial charge in [-0.25, -0.2) is 0 Å². The number of ether oxygens (including phenoxy) is 1. The molecule has 2 unspecified atom stereocenters. The summed E-state index contributed by atoms with van der Waals surface area (Å²) in [5.74, 6) is 0.427. The van der Waals surface area contributed by atoms with Gasteiger partial charge in [0.05, 0.1) is 28.6 Å². The van der Waals surface area contributed by atoms with Gasteiger partial charge in [-0.2, -0.15) is 0 Å². The van der Waals surface area contributed by atoms with Crippen molar-refractivity contribution < 1.29 is 14.3 Å². The van der Waals surface area contributed by atoms with Gasteiger partial charge in [-0.15, -0.1) is 11.3 Å². The number of likely N-dealkylation sites (tertiary alicyclic amines) is 1. The highest BCUT2D eigenvalue weighted by atomic mass is 35.5. The molecule has 6 rings (SSSR count). The average molecular weight is 510 g/mol. The smallest absolute Gasteiger partial charge is 0.234 e. The van der Waals surface area contributed by atoms with Crippen LogP contribution in [0.15, 0.2) is 30.5 Å². The number of fused-ring (bicyclic) bond motifs is 2. The van der Waals surface area contributed by atoms with E-state index in [0.29, 0.717) is 11.6 Å². The summed E-state index contributed by atoms with van der Waals surface area (Å²) in [5, 5.41) is 4.07. The van der Waals surface area contributed by atoms with E-state index in [4.69, 9.17) is 16.3 Å².